The highest BCUT2D eigenvalue weighted by atomic mass is 79.9. The van der Waals surface area contributed by atoms with Crippen LogP contribution in [-0.4, -0.2) is 34.8 Å². The molecular formula is C15H16BrNO4S. The number of benzene rings is 1. The molecule has 7 heteroatoms. The Morgan fingerprint density at radius 2 is 2.09 bits per heavy atom. The average Bonchev–Trinajstić information content (AvgIpc) is 2.68. The second kappa shape index (κ2) is 6.75. The molecule has 1 aromatic rings. The van der Waals surface area contributed by atoms with Crippen molar-refractivity contribution in [3.8, 4) is 11.5 Å². The number of nitrogens with zero attached hydrogens (tertiary/aromatic N) is 1. The van der Waals surface area contributed by atoms with Crippen LogP contribution in [0.25, 0.3) is 6.08 Å². The quantitative estimate of drug-likeness (QED) is 0.797. The molecule has 0 radical (unpaired) electrons. The second-order valence-electron chi connectivity index (χ2n) is 5.29. The SMILES string of the molecule is CC(C)COc1cc(/C=C2\SC(=O)N(C)C2=O)c(Br)cc1O. The van der Waals surface area contributed by atoms with Crippen LogP contribution in [0, 0.1) is 5.92 Å². The first-order chi connectivity index (χ1) is 10.3. The fourth-order valence-electron chi connectivity index (χ4n) is 1.73. The fraction of sp³-hybridized carbons (Fsp3) is 0.333. The summed E-state index contributed by atoms with van der Waals surface area (Å²) < 4.78 is 6.17. The molecule has 118 valence electrons. The van der Waals surface area contributed by atoms with Crippen LogP contribution in [0.3, 0.4) is 0 Å². The zero-order valence-electron chi connectivity index (χ0n) is 12.4. The van der Waals surface area contributed by atoms with Crippen molar-refractivity contribution in [2.75, 3.05) is 13.7 Å². The maximum atomic E-state index is 11.9. The molecule has 1 aliphatic rings. The van der Waals surface area contributed by atoms with E-state index < -0.39 is 0 Å². The molecule has 0 saturated carbocycles. The number of rotatable bonds is 4. The summed E-state index contributed by atoms with van der Waals surface area (Å²) in [6.45, 7) is 4.49. The smallest absolute Gasteiger partial charge is 0.293 e. The van der Waals surface area contributed by atoms with Crippen LogP contribution < -0.4 is 4.74 Å². The summed E-state index contributed by atoms with van der Waals surface area (Å²) >= 11 is 4.23. The molecule has 2 rings (SSSR count). The fourth-order valence-corrected chi connectivity index (χ4v) is 2.99. The van der Waals surface area contributed by atoms with Crippen LogP contribution in [0.1, 0.15) is 19.4 Å². The molecule has 1 aromatic carbocycles. The number of likely N-dealkylation sites (N-methyl/N-ethyl adjacent to an activating group) is 1. The van der Waals surface area contributed by atoms with Crippen LogP contribution in [0.15, 0.2) is 21.5 Å². The molecule has 0 aliphatic carbocycles. The summed E-state index contributed by atoms with van der Waals surface area (Å²) in [6.07, 6.45) is 1.61. The minimum Gasteiger partial charge on any atom is -0.504 e. The Kier molecular flexibility index (Phi) is 5.18. The third-order valence-corrected chi connectivity index (χ3v) is 4.57. The number of halogens is 1. The van der Waals surface area contributed by atoms with E-state index in [0.29, 0.717) is 33.2 Å². The van der Waals surface area contributed by atoms with E-state index >= 15 is 0 Å². The summed E-state index contributed by atoms with van der Waals surface area (Å²) in [4.78, 5) is 24.8. The molecule has 0 unspecified atom stereocenters. The van der Waals surface area contributed by atoms with Crippen molar-refractivity contribution in [1.29, 1.82) is 0 Å². The number of amides is 2. The zero-order valence-corrected chi connectivity index (χ0v) is 14.8. The van der Waals surface area contributed by atoms with E-state index in [2.05, 4.69) is 15.9 Å². The van der Waals surface area contributed by atoms with Gasteiger partial charge in [0.15, 0.2) is 11.5 Å². The standard InChI is InChI=1S/C15H16BrNO4S/c1-8(2)7-21-12-4-9(10(16)6-11(12)18)5-13-14(19)17(3)15(20)22-13/h4-6,8,18H,7H2,1-3H3/b13-5-. The van der Waals surface area contributed by atoms with Crippen molar-refractivity contribution >= 4 is 44.9 Å². The lowest BCUT2D eigenvalue weighted by atomic mass is 10.1. The van der Waals surface area contributed by atoms with Gasteiger partial charge in [-0.05, 0) is 41.5 Å². The van der Waals surface area contributed by atoms with Gasteiger partial charge in [-0.15, -0.1) is 0 Å². The van der Waals surface area contributed by atoms with Gasteiger partial charge >= 0.3 is 0 Å². The van der Waals surface area contributed by atoms with Crippen LogP contribution in [0.5, 0.6) is 11.5 Å². The highest BCUT2D eigenvalue weighted by molar-refractivity contribution is 9.10. The van der Waals surface area contributed by atoms with Crippen LogP contribution in [-0.2, 0) is 4.79 Å². The van der Waals surface area contributed by atoms with Crippen molar-refractivity contribution < 1.29 is 19.4 Å². The first-order valence-corrected chi connectivity index (χ1v) is 8.27. The van der Waals surface area contributed by atoms with Crippen LogP contribution in [0.4, 0.5) is 4.79 Å². The van der Waals surface area contributed by atoms with Crippen LogP contribution >= 0.6 is 27.7 Å². The number of phenolic OH excluding ortho intramolecular Hbond substituents is 1. The van der Waals surface area contributed by atoms with Gasteiger partial charge in [0.2, 0.25) is 0 Å². The van der Waals surface area contributed by atoms with E-state index in [1.165, 1.54) is 13.1 Å². The number of aromatic hydroxyl groups is 1. The average molecular weight is 386 g/mol. The topological polar surface area (TPSA) is 66.8 Å². The van der Waals surface area contributed by atoms with E-state index in [-0.39, 0.29) is 16.9 Å². The molecule has 2 amide bonds. The second-order valence-corrected chi connectivity index (χ2v) is 7.13. The van der Waals surface area contributed by atoms with Crippen molar-refractivity contribution in [3.63, 3.8) is 0 Å². The maximum Gasteiger partial charge on any atom is 0.293 e. The molecule has 1 saturated heterocycles. The molecule has 0 spiro atoms. The molecule has 22 heavy (non-hydrogen) atoms. The third-order valence-electron chi connectivity index (χ3n) is 2.92. The lowest BCUT2D eigenvalue weighted by Gasteiger charge is -2.12. The Bertz CT molecular complexity index is 657. The van der Waals surface area contributed by atoms with Gasteiger partial charge in [0.1, 0.15) is 0 Å². The Morgan fingerprint density at radius 3 is 2.64 bits per heavy atom. The minimum atomic E-state index is -0.334. The van der Waals surface area contributed by atoms with Crippen molar-refractivity contribution in [2.45, 2.75) is 13.8 Å². The third kappa shape index (κ3) is 3.64. The molecule has 1 aliphatic heterocycles. The molecule has 1 heterocycles. The van der Waals surface area contributed by atoms with E-state index in [1.807, 2.05) is 13.8 Å². The zero-order chi connectivity index (χ0) is 16.4. The molecule has 0 bridgehead atoms. The Balaban J connectivity index is 2.33. The molecule has 1 N–H and O–H groups in total. The number of hydrogen-bond donors (Lipinski definition) is 1. The summed E-state index contributed by atoms with van der Waals surface area (Å²) in [5, 5.41) is 9.61. The van der Waals surface area contributed by atoms with Crippen molar-refractivity contribution in [1.82, 2.24) is 4.90 Å². The molecule has 0 aromatic heterocycles. The summed E-state index contributed by atoms with van der Waals surface area (Å²) in [6, 6.07) is 3.16. The number of hydrogen-bond acceptors (Lipinski definition) is 5. The summed E-state index contributed by atoms with van der Waals surface area (Å²) in [5.74, 6) is 0.356. The number of carbonyl (C=O) groups excluding carboxylic acids is 2. The van der Waals surface area contributed by atoms with Crippen molar-refractivity contribution in [2.24, 2.45) is 5.92 Å². The first kappa shape index (κ1) is 16.9. The number of phenols is 1. The van der Waals surface area contributed by atoms with Gasteiger partial charge < -0.3 is 9.84 Å². The van der Waals surface area contributed by atoms with E-state index in [0.717, 1.165) is 16.7 Å². The highest BCUT2D eigenvalue weighted by Crippen LogP contribution is 2.37. The minimum absolute atomic E-state index is 0.0215. The maximum absolute atomic E-state index is 11.9. The van der Waals surface area contributed by atoms with E-state index in [4.69, 9.17) is 4.74 Å². The van der Waals surface area contributed by atoms with Crippen LogP contribution in [0.2, 0.25) is 0 Å². The van der Waals surface area contributed by atoms with Gasteiger partial charge in [-0.25, -0.2) is 0 Å². The van der Waals surface area contributed by atoms with E-state index in [9.17, 15) is 14.7 Å². The Labute approximate surface area is 141 Å². The Hall–Kier alpha value is -1.47. The van der Waals surface area contributed by atoms with Gasteiger partial charge in [0.05, 0.1) is 11.5 Å². The Morgan fingerprint density at radius 1 is 1.41 bits per heavy atom. The van der Waals surface area contributed by atoms with Gasteiger partial charge in [0, 0.05) is 11.5 Å². The molecule has 1 fully saturated rings. The van der Waals surface area contributed by atoms with Gasteiger partial charge in [-0.1, -0.05) is 29.8 Å². The normalized spacial score (nSPS) is 17.0. The molecule has 5 nitrogen and oxygen atoms in total. The predicted molar refractivity (Wildman–Crippen MR) is 89.9 cm³/mol. The molecule has 0 atom stereocenters. The first-order valence-electron chi connectivity index (χ1n) is 6.66. The monoisotopic (exact) mass is 385 g/mol. The number of imide groups is 1. The predicted octanol–water partition coefficient (Wildman–Crippen LogP) is 3.86. The lowest BCUT2D eigenvalue weighted by Crippen LogP contribution is -2.22. The van der Waals surface area contributed by atoms with Crippen molar-refractivity contribution in [3.05, 3.63) is 27.1 Å². The number of ether oxygens (including phenoxy) is 1. The number of thioether (sulfide) groups is 1. The lowest BCUT2D eigenvalue weighted by molar-refractivity contribution is -0.121. The molecular weight excluding hydrogens is 370 g/mol. The van der Waals surface area contributed by atoms with E-state index in [1.54, 1.807) is 12.1 Å². The van der Waals surface area contributed by atoms with Gasteiger partial charge in [-0.2, -0.15) is 0 Å². The number of carbonyl (C=O) groups is 2. The highest BCUT2D eigenvalue weighted by Gasteiger charge is 2.32. The summed E-state index contributed by atoms with van der Waals surface area (Å²) in [5.41, 5.74) is 0.663. The van der Waals surface area contributed by atoms with Gasteiger partial charge in [-0.3, -0.25) is 14.5 Å². The largest absolute Gasteiger partial charge is 0.504 e. The summed E-state index contributed by atoms with van der Waals surface area (Å²) in [7, 11) is 1.45. The van der Waals surface area contributed by atoms with Gasteiger partial charge in [0.25, 0.3) is 11.1 Å².